The van der Waals surface area contributed by atoms with Crippen molar-refractivity contribution in [1.29, 1.82) is 0 Å². The highest BCUT2D eigenvalue weighted by atomic mass is 32.1. The lowest BCUT2D eigenvalue weighted by atomic mass is 10.2. The topological polar surface area (TPSA) is 77.7 Å². The van der Waals surface area contributed by atoms with Crippen LogP contribution < -0.4 is 10.6 Å². The fraction of sp³-hybridized carbons (Fsp3) is 0.600. The molecule has 0 amide bonds. The van der Waals surface area contributed by atoms with E-state index >= 15 is 0 Å². The molecule has 94 valence electrons. The first-order chi connectivity index (χ1) is 8.15. The zero-order valence-corrected chi connectivity index (χ0v) is 10.6. The van der Waals surface area contributed by atoms with E-state index in [9.17, 15) is 4.79 Å². The molecule has 0 spiro atoms. The van der Waals surface area contributed by atoms with Gasteiger partial charge in [-0.25, -0.2) is 4.79 Å². The van der Waals surface area contributed by atoms with Gasteiger partial charge in [0.2, 0.25) is 0 Å². The number of hydrogen-bond donors (Lipinski definition) is 1. The molecule has 1 atom stereocenters. The van der Waals surface area contributed by atoms with Crippen molar-refractivity contribution in [2.24, 2.45) is 0 Å². The molecule has 2 N–H and O–H groups in total. The van der Waals surface area contributed by atoms with Gasteiger partial charge in [0.05, 0.1) is 26.4 Å². The first kappa shape index (κ1) is 12.1. The maximum atomic E-state index is 11.7. The van der Waals surface area contributed by atoms with Crippen molar-refractivity contribution < 1.29 is 14.3 Å². The average molecular weight is 257 g/mol. The lowest BCUT2D eigenvalue weighted by molar-refractivity contribution is 0.0601. The number of rotatable bonds is 2. The zero-order valence-electron chi connectivity index (χ0n) is 9.80. The molecule has 1 aliphatic heterocycles. The number of esters is 1. The van der Waals surface area contributed by atoms with Crippen LogP contribution in [-0.4, -0.2) is 43.3 Å². The van der Waals surface area contributed by atoms with E-state index in [1.807, 2.05) is 6.92 Å². The predicted molar refractivity (Wildman–Crippen MR) is 65.5 cm³/mol. The first-order valence-electron chi connectivity index (χ1n) is 5.33. The van der Waals surface area contributed by atoms with Crippen LogP contribution in [0.15, 0.2) is 0 Å². The molecule has 1 unspecified atom stereocenters. The molecule has 7 heteroatoms. The highest BCUT2D eigenvalue weighted by Crippen LogP contribution is 2.33. The fourth-order valence-electron chi connectivity index (χ4n) is 1.81. The lowest BCUT2D eigenvalue weighted by Crippen LogP contribution is -2.43. The van der Waals surface area contributed by atoms with Crippen LogP contribution in [0, 0.1) is 0 Å². The molecule has 0 radical (unpaired) electrons. The number of ether oxygens (including phenoxy) is 2. The van der Waals surface area contributed by atoms with Crippen LogP contribution in [-0.2, 0) is 9.47 Å². The number of anilines is 2. The minimum Gasteiger partial charge on any atom is -0.465 e. The van der Waals surface area contributed by atoms with Crippen LogP contribution in [0.4, 0.5) is 10.8 Å². The molecule has 1 aliphatic rings. The molecule has 2 rings (SSSR count). The van der Waals surface area contributed by atoms with Crippen LogP contribution >= 0.6 is 11.5 Å². The van der Waals surface area contributed by atoms with Gasteiger partial charge in [-0.15, -0.1) is 0 Å². The molecule has 0 aliphatic carbocycles. The van der Waals surface area contributed by atoms with Gasteiger partial charge in [0.25, 0.3) is 0 Å². The van der Waals surface area contributed by atoms with Gasteiger partial charge in [-0.1, -0.05) is 0 Å². The molecule has 0 bridgehead atoms. The molecule has 2 heterocycles. The Kier molecular flexibility index (Phi) is 3.49. The summed E-state index contributed by atoms with van der Waals surface area (Å²) in [4.78, 5) is 13.8. The summed E-state index contributed by atoms with van der Waals surface area (Å²) in [6.07, 6.45) is 0. The van der Waals surface area contributed by atoms with Crippen molar-refractivity contribution in [3.8, 4) is 0 Å². The fourth-order valence-corrected chi connectivity index (χ4v) is 2.74. The summed E-state index contributed by atoms with van der Waals surface area (Å²) < 4.78 is 14.1. The van der Waals surface area contributed by atoms with E-state index in [4.69, 9.17) is 15.2 Å². The second kappa shape index (κ2) is 4.89. The van der Waals surface area contributed by atoms with Gasteiger partial charge >= 0.3 is 5.97 Å². The Bertz CT molecular complexity index is 421. The van der Waals surface area contributed by atoms with Crippen molar-refractivity contribution in [2.75, 3.05) is 37.5 Å². The number of hydrogen-bond acceptors (Lipinski definition) is 7. The van der Waals surface area contributed by atoms with Gasteiger partial charge in [-0.05, 0) is 18.5 Å². The van der Waals surface area contributed by atoms with Crippen molar-refractivity contribution in [3.05, 3.63) is 5.56 Å². The second-order valence-corrected chi connectivity index (χ2v) is 4.61. The SMILES string of the molecule is COC(=O)c1c(N)nsc1N1CCOCC1C. The Morgan fingerprint density at radius 3 is 3.12 bits per heavy atom. The monoisotopic (exact) mass is 257 g/mol. The van der Waals surface area contributed by atoms with E-state index in [1.165, 1.54) is 18.6 Å². The third-order valence-electron chi connectivity index (χ3n) is 2.72. The Morgan fingerprint density at radius 2 is 2.47 bits per heavy atom. The molecule has 0 saturated carbocycles. The summed E-state index contributed by atoms with van der Waals surface area (Å²) in [6, 6.07) is 0.201. The smallest absolute Gasteiger partial charge is 0.344 e. The highest BCUT2D eigenvalue weighted by molar-refractivity contribution is 7.11. The van der Waals surface area contributed by atoms with E-state index < -0.39 is 5.97 Å². The van der Waals surface area contributed by atoms with E-state index in [0.717, 1.165) is 11.5 Å². The Morgan fingerprint density at radius 1 is 1.71 bits per heavy atom. The number of carbonyl (C=O) groups excluding carboxylic acids is 1. The van der Waals surface area contributed by atoms with Crippen molar-refractivity contribution in [1.82, 2.24) is 4.37 Å². The Labute approximate surface area is 103 Å². The number of carbonyl (C=O) groups is 1. The summed E-state index contributed by atoms with van der Waals surface area (Å²) in [5.74, 6) is -0.208. The van der Waals surface area contributed by atoms with E-state index in [0.29, 0.717) is 18.8 Å². The summed E-state index contributed by atoms with van der Waals surface area (Å²) >= 11 is 1.22. The summed E-state index contributed by atoms with van der Waals surface area (Å²) in [6.45, 7) is 4.05. The standard InChI is InChI=1S/C10H15N3O3S/c1-6-5-16-4-3-13(6)9-7(10(14)15-2)8(11)12-17-9/h6H,3-5H2,1-2H3,(H2,11,12). The molecule has 6 nitrogen and oxygen atoms in total. The normalized spacial score (nSPS) is 20.4. The minimum absolute atomic E-state index is 0.201. The molecule has 1 saturated heterocycles. The summed E-state index contributed by atoms with van der Waals surface area (Å²) in [5.41, 5.74) is 6.08. The van der Waals surface area contributed by atoms with E-state index in [1.54, 1.807) is 0 Å². The van der Waals surface area contributed by atoms with Crippen LogP contribution in [0.5, 0.6) is 0 Å². The Hall–Kier alpha value is -1.34. The van der Waals surface area contributed by atoms with Crippen molar-refractivity contribution in [2.45, 2.75) is 13.0 Å². The minimum atomic E-state index is -0.440. The van der Waals surface area contributed by atoms with Crippen LogP contribution in [0.1, 0.15) is 17.3 Å². The quantitative estimate of drug-likeness (QED) is 0.787. The van der Waals surface area contributed by atoms with Crippen LogP contribution in [0.25, 0.3) is 0 Å². The highest BCUT2D eigenvalue weighted by Gasteiger charge is 2.28. The number of methoxy groups -OCH3 is 1. The lowest BCUT2D eigenvalue weighted by Gasteiger charge is -2.34. The van der Waals surface area contributed by atoms with Crippen LogP contribution in [0.2, 0.25) is 0 Å². The van der Waals surface area contributed by atoms with Gasteiger partial charge in [0.1, 0.15) is 10.6 Å². The molecule has 1 fully saturated rings. The van der Waals surface area contributed by atoms with Gasteiger partial charge in [0, 0.05) is 6.54 Å². The van der Waals surface area contributed by atoms with Gasteiger partial charge in [-0.3, -0.25) is 0 Å². The van der Waals surface area contributed by atoms with Crippen LogP contribution in [0.3, 0.4) is 0 Å². The third-order valence-corrected chi connectivity index (χ3v) is 3.62. The summed E-state index contributed by atoms with van der Waals surface area (Å²) in [7, 11) is 1.34. The van der Waals surface area contributed by atoms with Gasteiger partial charge in [0.15, 0.2) is 5.82 Å². The predicted octanol–water partition coefficient (Wildman–Crippen LogP) is 0.737. The van der Waals surface area contributed by atoms with Crippen molar-refractivity contribution in [3.63, 3.8) is 0 Å². The third kappa shape index (κ3) is 2.20. The van der Waals surface area contributed by atoms with Gasteiger partial charge in [-0.2, -0.15) is 4.37 Å². The number of morpholine rings is 1. The number of nitrogens with zero attached hydrogens (tertiary/aromatic N) is 2. The molecular formula is C10H15N3O3S. The Balaban J connectivity index is 2.34. The molecule has 1 aromatic rings. The maximum absolute atomic E-state index is 11.7. The largest absolute Gasteiger partial charge is 0.465 e. The molecule has 1 aromatic heterocycles. The van der Waals surface area contributed by atoms with E-state index in [-0.39, 0.29) is 11.9 Å². The maximum Gasteiger partial charge on any atom is 0.344 e. The number of nitrogens with two attached hydrogens (primary N) is 1. The number of aromatic nitrogens is 1. The first-order valence-corrected chi connectivity index (χ1v) is 6.10. The zero-order chi connectivity index (χ0) is 12.4. The van der Waals surface area contributed by atoms with Gasteiger partial charge < -0.3 is 20.1 Å². The average Bonchev–Trinajstić information content (AvgIpc) is 2.71. The van der Waals surface area contributed by atoms with E-state index in [2.05, 4.69) is 9.27 Å². The van der Waals surface area contributed by atoms with Crippen molar-refractivity contribution >= 4 is 28.3 Å². The number of nitrogen functional groups attached to an aromatic ring is 1. The molecule has 0 aromatic carbocycles. The molecular weight excluding hydrogens is 242 g/mol. The second-order valence-electron chi connectivity index (χ2n) is 3.86. The summed E-state index contributed by atoms with van der Waals surface area (Å²) in [5, 5.41) is 0.769. The molecule has 17 heavy (non-hydrogen) atoms.